The second-order valence-corrected chi connectivity index (χ2v) is 7.44. The highest BCUT2D eigenvalue weighted by molar-refractivity contribution is 5.91. The Hall–Kier alpha value is -2.65. The maximum absolute atomic E-state index is 12.4. The third kappa shape index (κ3) is 7.53. The molecule has 10 nitrogen and oxygen atoms in total. The number of nitrogens with zero attached hydrogens (tertiary/aromatic N) is 1. The molecule has 0 aliphatic carbocycles. The summed E-state index contributed by atoms with van der Waals surface area (Å²) in [6.45, 7) is 5.25. The van der Waals surface area contributed by atoms with Crippen LogP contribution >= 0.6 is 0 Å². The third-order valence-corrected chi connectivity index (χ3v) is 4.00. The molecule has 1 rings (SSSR count). The number of carbonyl (C=O) groups is 5. The molecule has 1 aliphatic heterocycles. The summed E-state index contributed by atoms with van der Waals surface area (Å²) in [5.74, 6) is -1.74. The van der Waals surface area contributed by atoms with Gasteiger partial charge in [0.1, 0.15) is 24.0 Å². The van der Waals surface area contributed by atoms with Crippen molar-refractivity contribution in [1.82, 2.24) is 15.5 Å². The molecule has 0 radical (unpaired) electrons. The van der Waals surface area contributed by atoms with E-state index in [-0.39, 0.29) is 19.4 Å². The standard InChI is InChI=1S/C18H29N3O7/c1-18(2,3)28-17(26)21-9-5-8-13(21)15(24)19-11-14(23)20-12(7-6-10-22)16(25)27-4/h10,12-13H,5-9,11H2,1-4H3,(H,19,24)(H,20,23). The molecule has 158 valence electrons. The first-order valence-corrected chi connectivity index (χ1v) is 9.17. The van der Waals surface area contributed by atoms with Crippen LogP contribution in [0.4, 0.5) is 4.79 Å². The van der Waals surface area contributed by atoms with Gasteiger partial charge in [0.05, 0.1) is 13.7 Å². The summed E-state index contributed by atoms with van der Waals surface area (Å²) < 4.78 is 9.89. The molecule has 10 heteroatoms. The number of likely N-dealkylation sites (tertiary alicyclic amines) is 1. The van der Waals surface area contributed by atoms with Crippen molar-refractivity contribution in [2.24, 2.45) is 0 Å². The molecule has 0 aromatic heterocycles. The topological polar surface area (TPSA) is 131 Å². The summed E-state index contributed by atoms with van der Waals surface area (Å²) in [4.78, 5) is 60.1. The Balaban J connectivity index is 2.57. The monoisotopic (exact) mass is 399 g/mol. The minimum atomic E-state index is -0.968. The number of hydrogen-bond donors (Lipinski definition) is 2. The zero-order valence-electron chi connectivity index (χ0n) is 16.8. The number of aldehydes is 1. The Morgan fingerprint density at radius 2 is 1.93 bits per heavy atom. The number of hydrogen-bond acceptors (Lipinski definition) is 7. The van der Waals surface area contributed by atoms with Crippen molar-refractivity contribution in [2.45, 2.75) is 64.1 Å². The lowest BCUT2D eigenvalue weighted by atomic mass is 10.1. The molecule has 2 atom stereocenters. The van der Waals surface area contributed by atoms with Crippen LogP contribution in [-0.2, 0) is 28.7 Å². The Labute approximate surface area is 164 Å². The van der Waals surface area contributed by atoms with E-state index >= 15 is 0 Å². The summed E-state index contributed by atoms with van der Waals surface area (Å²) in [5, 5.41) is 4.89. The van der Waals surface area contributed by atoms with Gasteiger partial charge in [-0.1, -0.05) is 0 Å². The Bertz CT molecular complexity index is 600. The van der Waals surface area contributed by atoms with Gasteiger partial charge < -0.3 is 24.9 Å². The molecule has 3 amide bonds. The fourth-order valence-electron chi connectivity index (χ4n) is 2.73. The molecule has 0 bridgehead atoms. The normalized spacial score (nSPS) is 17.4. The van der Waals surface area contributed by atoms with Crippen molar-refractivity contribution in [3.63, 3.8) is 0 Å². The number of nitrogens with one attached hydrogen (secondary N) is 2. The smallest absolute Gasteiger partial charge is 0.410 e. The van der Waals surface area contributed by atoms with E-state index in [1.807, 2.05) is 0 Å². The third-order valence-electron chi connectivity index (χ3n) is 4.00. The first-order chi connectivity index (χ1) is 13.1. The Kier molecular flexibility index (Phi) is 8.87. The first kappa shape index (κ1) is 23.4. The fourth-order valence-corrected chi connectivity index (χ4v) is 2.73. The highest BCUT2D eigenvalue weighted by Crippen LogP contribution is 2.20. The lowest BCUT2D eigenvalue weighted by molar-refractivity contribution is -0.145. The van der Waals surface area contributed by atoms with E-state index in [9.17, 15) is 24.0 Å². The number of esters is 1. The molecular formula is C18H29N3O7. The second kappa shape index (κ2) is 10.6. The van der Waals surface area contributed by atoms with Gasteiger partial charge in [-0.15, -0.1) is 0 Å². The van der Waals surface area contributed by atoms with Crippen LogP contribution in [0.25, 0.3) is 0 Å². The predicted octanol–water partition coefficient (Wildman–Crippen LogP) is 0.139. The lowest BCUT2D eigenvalue weighted by Gasteiger charge is -2.28. The van der Waals surface area contributed by atoms with E-state index in [4.69, 9.17) is 4.74 Å². The van der Waals surface area contributed by atoms with Crippen molar-refractivity contribution < 1.29 is 33.4 Å². The maximum atomic E-state index is 12.4. The van der Waals surface area contributed by atoms with Crippen LogP contribution in [0.2, 0.25) is 0 Å². The summed E-state index contributed by atoms with van der Waals surface area (Å²) in [6, 6.07) is -1.68. The first-order valence-electron chi connectivity index (χ1n) is 9.17. The zero-order chi connectivity index (χ0) is 21.3. The number of methoxy groups -OCH3 is 1. The molecule has 0 aromatic rings. The molecular weight excluding hydrogens is 370 g/mol. The average Bonchev–Trinajstić information content (AvgIpc) is 3.11. The summed E-state index contributed by atoms with van der Waals surface area (Å²) in [5.41, 5.74) is -0.676. The molecule has 0 spiro atoms. The van der Waals surface area contributed by atoms with Gasteiger partial charge in [-0.2, -0.15) is 0 Å². The average molecular weight is 399 g/mol. The Morgan fingerprint density at radius 1 is 1.25 bits per heavy atom. The number of amides is 3. The van der Waals surface area contributed by atoms with E-state index in [0.717, 1.165) is 0 Å². The summed E-state index contributed by atoms with van der Waals surface area (Å²) in [7, 11) is 1.18. The quantitative estimate of drug-likeness (QED) is 0.438. The van der Waals surface area contributed by atoms with E-state index in [2.05, 4.69) is 15.4 Å². The zero-order valence-corrected chi connectivity index (χ0v) is 16.8. The number of rotatable bonds is 8. The number of ether oxygens (including phenoxy) is 2. The highest BCUT2D eigenvalue weighted by Gasteiger charge is 2.36. The van der Waals surface area contributed by atoms with Crippen molar-refractivity contribution >= 4 is 30.2 Å². The predicted molar refractivity (Wildman–Crippen MR) is 98.2 cm³/mol. The van der Waals surface area contributed by atoms with Crippen LogP contribution in [0.15, 0.2) is 0 Å². The van der Waals surface area contributed by atoms with Gasteiger partial charge >= 0.3 is 12.1 Å². The van der Waals surface area contributed by atoms with Gasteiger partial charge in [-0.05, 0) is 40.0 Å². The summed E-state index contributed by atoms with van der Waals surface area (Å²) in [6.07, 6.45) is 1.37. The SMILES string of the molecule is COC(=O)C(CCC=O)NC(=O)CNC(=O)C1CCCN1C(=O)OC(C)(C)C. The van der Waals surface area contributed by atoms with Crippen LogP contribution in [0.3, 0.4) is 0 Å². The minimum Gasteiger partial charge on any atom is -0.467 e. The maximum Gasteiger partial charge on any atom is 0.410 e. The van der Waals surface area contributed by atoms with Gasteiger partial charge in [0, 0.05) is 13.0 Å². The van der Waals surface area contributed by atoms with Crippen LogP contribution in [0.1, 0.15) is 46.5 Å². The van der Waals surface area contributed by atoms with Gasteiger partial charge in [-0.3, -0.25) is 14.5 Å². The van der Waals surface area contributed by atoms with Crippen LogP contribution in [0, 0.1) is 0 Å². The van der Waals surface area contributed by atoms with Crippen molar-refractivity contribution in [3.05, 3.63) is 0 Å². The largest absolute Gasteiger partial charge is 0.467 e. The number of carbonyl (C=O) groups excluding carboxylic acids is 5. The van der Waals surface area contributed by atoms with E-state index in [1.165, 1.54) is 12.0 Å². The van der Waals surface area contributed by atoms with E-state index in [0.29, 0.717) is 25.7 Å². The fraction of sp³-hybridized carbons (Fsp3) is 0.722. The van der Waals surface area contributed by atoms with Crippen molar-refractivity contribution in [1.29, 1.82) is 0 Å². The molecule has 1 saturated heterocycles. The molecule has 1 heterocycles. The van der Waals surface area contributed by atoms with Gasteiger partial charge in [-0.25, -0.2) is 9.59 Å². The van der Waals surface area contributed by atoms with Gasteiger partial charge in [0.2, 0.25) is 11.8 Å². The molecule has 28 heavy (non-hydrogen) atoms. The lowest BCUT2D eigenvalue weighted by Crippen LogP contribution is -2.51. The molecule has 2 unspecified atom stereocenters. The highest BCUT2D eigenvalue weighted by atomic mass is 16.6. The van der Waals surface area contributed by atoms with Crippen LogP contribution in [0.5, 0.6) is 0 Å². The molecule has 1 aliphatic rings. The van der Waals surface area contributed by atoms with Gasteiger partial charge in [0.25, 0.3) is 0 Å². The van der Waals surface area contributed by atoms with Crippen molar-refractivity contribution in [3.8, 4) is 0 Å². The molecule has 0 aromatic carbocycles. The molecule has 2 N–H and O–H groups in total. The minimum absolute atomic E-state index is 0.0827. The Morgan fingerprint density at radius 3 is 2.50 bits per heavy atom. The second-order valence-electron chi connectivity index (χ2n) is 7.44. The van der Waals surface area contributed by atoms with Crippen molar-refractivity contribution in [2.75, 3.05) is 20.2 Å². The molecule has 0 saturated carbocycles. The summed E-state index contributed by atoms with van der Waals surface area (Å²) >= 11 is 0. The van der Waals surface area contributed by atoms with Crippen LogP contribution < -0.4 is 10.6 Å². The van der Waals surface area contributed by atoms with Gasteiger partial charge in [0.15, 0.2) is 0 Å². The van der Waals surface area contributed by atoms with E-state index < -0.39 is 41.6 Å². The van der Waals surface area contributed by atoms with Crippen LogP contribution in [-0.4, -0.2) is 72.9 Å². The molecule has 1 fully saturated rings. The van der Waals surface area contributed by atoms with E-state index in [1.54, 1.807) is 20.8 Å².